The minimum absolute atomic E-state index is 0.271. The minimum Gasteiger partial charge on any atom is -0.279 e. The van der Waals surface area contributed by atoms with Gasteiger partial charge in [0.15, 0.2) is 0 Å². The van der Waals surface area contributed by atoms with Crippen LogP contribution in [-0.4, -0.2) is 8.42 Å². The highest BCUT2D eigenvalue weighted by Gasteiger charge is 2.32. The van der Waals surface area contributed by atoms with Crippen LogP contribution in [-0.2, 0) is 10.0 Å². The zero-order chi connectivity index (χ0) is 12.2. The highest BCUT2D eigenvalue weighted by Crippen LogP contribution is 2.43. The molecule has 88 valence electrons. The van der Waals surface area contributed by atoms with Crippen LogP contribution in [0.1, 0.15) is 18.9 Å². The molecule has 0 saturated carbocycles. The molecule has 1 aromatic rings. The van der Waals surface area contributed by atoms with Crippen LogP contribution in [0.4, 0.5) is 10.1 Å². The molecule has 0 aromatic heterocycles. The van der Waals surface area contributed by atoms with Crippen LogP contribution in [0.3, 0.4) is 0 Å². The minimum atomic E-state index is -3.49. The third-order valence-corrected chi connectivity index (χ3v) is 4.40. The molecular weight excluding hydrogens is 241 g/mol. The van der Waals surface area contributed by atoms with Crippen LogP contribution in [0.15, 0.2) is 34.8 Å². The summed E-state index contributed by atoms with van der Waals surface area (Å²) in [5, 5.41) is 0. The summed E-state index contributed by atoms with van der Waals surface area (Å²) in [6.07, 6.45) is 2.21. The molecule has 0 unspecified atom stereocenters. The fourth-order valence-electron chi connectivity index (χ4n) is 2.25. The van der Waals surface area contributed by atoms with E-state index in [1.165, 1.54) is 18.2 Å². The summed E-state index contributed by atoms with van der Waals surface area (Å²) < 4.78 is 39.6. The van der Waals surface area contributed by atoms with Crippen LogP contribution in [0, 0.1) is 5.82 Å². The van der Waals surface area contributed by atoms with Crippen molar-refractivity contribution in [1.29, 1.82) is 0 Å². The maximum Gasteiger partial charge on any atom is 0.262 e. The van der Waals surface area contributed by atoms with E-state index < -0.39 is 10.0 Å². The van der Waals surface area contributed by atoms with Gasteiger partial charge >= 0.3 is 0 Å². The second-order valence-electron chi connectivity index (χ2n) is 4.31. The summed E-state index contributed by atoms with van der Waals surface area (Å²) >= 11 is 0. The fraction of sp³-hybridized carbons (Fsp3) is 0.167. The van der Waals surface area contributed by atoms with E-state index in [4.69, 9.17) is 0 Å². The van der Waals surface area contributed by atoms with Gasteiger partial charge in [0.05, 0.1) is 10.6 Å². The smallest absolute Gasteiger partial charge is 0.262 e. The van der Waals surface area contributed by atoms with Gasteiger partial charge in [0.2, 0.25) is 0 Å². The lowest BCUT2D eigenvalue weighted by atomic mass is 10.0. The van der Waals surface area contributed by atoms with E-state index in [0.717, 1.165) is 5.57 Å². The molecule has 1 aliphatic heterocycles. The number of benzene rings is 1. The Bertz CT molecular complexity index is 686. The Morgan fingerprint density at radius 2 is 2.12 bits per heavy atom. The zero-order valence-electron chi connectivity index (χ0n) is 9.12. The van der Waals surface area contributed by atoms with Crippen molar-refractivity contribution in [1.82, 2.24) is 0 Å². The molecular formula is C12H10FNO2S. The van der Waals surface area contributed by atoms with Crippen LogP contribution in [0.5, 0.6) is 0 Å². The third-order valence-electron chi connectivity index (χ3n) is 2.97. The molecule has 1 heterocycles. The first-order valence-corrected chi connectivity index (χ1v) is 6.69. The fourth-order valence-corrected chi connectivity index (χ4v) is 3.69. The average molecular weight is 251 g/mol. The van der Waals surface area contributed by atoms with Crippen molar-refractivity contribution in [3.63, 3.8) is 0 Å². The van der Waals surface area contributed by atoms with E-state index in [1.54, 1.807) is 6.08 Å². The molecule has 0 saturated heterocycles. The number of anilines is 1. The van der Waals surface area contributed by atoms with Crippen molar-refractivity contribution in [2.45, 2.75) is 13.3 Å². The lowest BCUT2D eigenvalue weighted by molar-refractivity contribution is 0.607. The van der Waals surface area contributed by atoms with Gasteiger partial charge in [-0.2, -0.15) is 0 Å². The third kappa shape index (κ3) is 1.50. The predicted molar refractivity (Wildman–Crippen MR) is 64.2 cm³/mol. The first-order chi connectivity index (χ1) is 7.97. The summed E-state index contributed by atoms with van der Waals surface area (Å²) in [7, 11) is -3.49. The number of fused-ring (bicyclic) bond motifs is 2. The van der Waals surface area contributed by atoms with Gasteiger partial charge < -0.3 is 0 Å². The molecule has 0 bridgehead atoms. The van der Waals surface area contributed by atoms with Gasteiger partial charge in [0.1, 0.15) is 5.82 Å². The van der Waals surface area contributed by atoms with Gasteiger partial charge in [-0.15, -0.1) is 0 Å². The Kier molecular flexibility index (Phi) is 1.98. The van der Waals surface area contributed by atoms with Gasteiger partial charge in [-0.05, 0) is 43.2 Å². The summed E-state index contributed by atoms with van der Waals surface area (Å²) in [4.78, 5) is 0.271. The normalized spacial score (nSPS) is 20.5. The molecule has 0 spiro atoms. The van der Waals surface area contributed by atoms with Crippen molar-refractivity contribution >= 4 is 21.3 Å². The highest BCUT2D eigenvalue weighted by molar-refractivity contribution is 7.97. The van der Waals surface area contributed by atoms with Crippen molar-refractivity contribution in [2.24, 2.45) is 0 Å². The van der Waals surface area contributed by atoms with E-state index in [0.29, 0.717) is 23.2 Å². The first-order valence-electron chi connectivity index (χ1n) is 5.20. The topological polar surface area (TPSA) is 46.2 Å². The SMILES string of the molecule is CC1=CC2=C(C1)c1cc(F)ccc1NS2(=O)=O. The lowest BCUT2D eigenvalue weighted by Gasteiger charge is -2.20. The van der Waals surface area contributed by atoms with Crippen molar-refractivity contribution in [2.75, 3.05) is 4.72 Å². The molecule has 5 heteroatoms. The van der Waals surface area contributed by atoms with Crippen LogP contribution >= 0.6 is 0 Å². The number of halogens is 1. The van der Waals surface area contributed by atoms with Gasteiger partial charge in [-0.1, -0.05) is 5.57 Å². The summed E-state index contributed by atoms with van der Waals surface area (Å²) in [6.45, 7) is 1.87. The Labute approximate surface area is 98.7 Å². The predicted octanol–water partition coefficient (Wildman–Crippen LogP) is 2.64. The Morgan fingerprint density at radius 1 is 1.35 bits per heavy atom. The summed E-state index contributed by atoms with van der Waals surface area (Å²) in [5.74, 6) is -0.360. The molecule has 1 aromatic carbocycles. The quantitative estimate of drug-likeness (QED) is 0.770. The molecule has 2 aliphatic rings. The number of nitrogens with one attached hydrogen (secondary N) is 1. The second-order valence-corrected chi connectivity index (χ2v) is 5.96. The molecule has 0 fully saturated rings. The van der Waals surface area contributed by atoms with E-state index in [1.807, 2.05) is 6.92 Å². The Hall–Kier alpha value is -1.62. The zero-order valence-corrected chi connectivity index (χ0v) is 9.94. The number of rotatable bonds is 0. The molecule has 3 nitrogen and oxygen atoms in total. The Balaban J connectivity index is 2.31. The largest absolute Gasteiger partial charge is 0.279 e. The molecule has 3 rings (SSSR count). The summed E-state index contributed by atoms with van der Waals surface area (Å²) in [6, 6.07) is 4.08. The molecule has 0 radical (unpaired) electrons. The molecule has 0 amide bonds. The van der Waals surface area contributed by atoms with Crippen molar-refractivity contribution in [3.8, 4) is 0 Å². The number of hydrogen-bond acceptors (Lipinski definition) is 2. The van der Waals surface area contributed by atoms with E-state index in [9.17, 15) is 12.8 Å². The standard InChI is InChI=1S/C12H10FNO2S/c1-7-4-10-9-6-8(13)2-3-11(9)14-17(15,16)12(10)5-7/h2-3,5-6,14H,4H2,1H3. The van der Waals surface area contributed by atoms with E-state index in [2.05, 4.69) is 4.72 Å². The maximum absolute atomic E-state index is 13.2. The number of sulfonamides is 1. The number of hydrogen-bond donors (Lipinski definition) is 1. The molecule has 0 atom stereocenters. The number of allylic oxidation sites excluding steroid dienone is 3. The summed E-state index contributed by atoms with van der Waals surface area (Å²) in [5.41, 5.74) is 2.75. The van der Waals surface area contributed by atoms with Crippen LogP contribution in [0.25, 0.3) is 5.57 Å². The monoisotopic (exact) mass is 251 g/mol. The van der Waals surface area contributed by atoms with Gasteiger partial charge in [-0.3, -0.25) is 4.72 Å². The van der Waals surface area contributed by atoms with Crippen LogP contribution < -0.4 is 4.72 Å². The first kappa shape index (κ1) is 10.5. The van der Waals surface area contributed by atoms with E-state index >= 15 is 0 Å². The van der Waals surface area contributed by atoms with Gasteiger partial charge in [-0.25, -0.2) is 12.8 Å². The lowest BCUT2D eigenvalue weighted by Crippen LogP contribution is -2.19. The van der Waals surface area contributed by atoms with Crippen LogP contribution in [0.2, 0.25) is 0 Å². The van der Waals surface area contributed by atoms with E-state index in [-0.39, 0.29) is 10.7 Å². The molecule has 1 aliphatic carbocycles. The molecule has 17 heavy (non-hydrogen) atoms. The van der Waals surface area contributed by atoms with Crippen molar-refractivity contribution < 1.29 is 12.8 Å². The average Bonchev–Trinajstić information content (AvgIpc) is 2.63. The highest BCUT2D eigenvalue weighted by atomic mass is 32.2. The van der Waals surface area contributed by atoms with Gasteiger partial charge in [0.25, 0.3) is 10.0 Å². The van der Waals surface area contributed by atoms with Gasteiger partial charge in [0, 0.05) is 5.56 Å². The second kappa shape index (κ2) is 3.20. The van der Waals surface area contributed by atoms with Crippen molar-refractivity contribution in [3.05, 3.63) is 46.1 Å². The Morgan fingerprint density at radius 3 is 2.88 bits per heavy atom. The maximum atomic E-state index is 13.2. The molecule has 1 N–H and O–H groups in total.